The first-order valence-corrected chi connectivity index (χ1v) is 9.82. The molecule has 0 spiro atoms. The Bertz CT molecular complexity index is 932. The van der Waals surface area contributed by atoms with E-state index in [-0.39, 0.29) is 21.4 Å². The van der Waals surface area contributed by atoms with Crippen molar-refractivity contribution in [2.24, 2.45) is 0 Å². The van der Waals surface area contributed by atoms with Crippen LogP contribution in [0.2, 0.25) is 0 Å². The first-order valence-electron chi connectivity index (χ1n) is 8.28. The number of anilines is 1. The normalized spacial score (nSPS) is 14.9. The molecular formula is C18H18N2O5S. The van der Waals surface area contributed by atoms with Gasteiger partial charge < -0.3 is 5.32 Å². The van der Waals surface area contributed by atoms with Crippen molar-refractivity contribution >= 4 is 27.1 Å². The monoisotopic (exact) mass is 374 g/mol. The number of nitro benzene ring substituents is 1. The standard InChI is InChI=1S/C18H18N2O5S/c21-18(13-8-10-15(11-9-13)20(22)23)19-14-4-3-7-17(12-14)26(24,25)16-5-1-2-6-16/h3-4,7-12,16H,1-2,5-6H2,(H,19,21). The molecule has 7 nitrogen and oxygen atoms in total. The first kappa shape index (κ1) is 18.1. The molecule has 0 aromatic heterocycles. The van der Waals surface area contributed by atoms with Crippen LogP contribution in [0.5, 0.6) is 0 Å². The van der Waals surface area contributed by atoms with E-state index in [0.29, 0.717) is 18.5 Å². The fourth-order valence-electron chi connectivity index (χ4n) is 3.08. The molecule has 0 unspecified atom stereocenters. The van der Waals surface area contributed by atoms with Crippen molar-refractivity contribution in [1.82, 2.24) is 0 Å². The minimum Gasteiger partial charge on any atom is -0.322 e. The third-order valence-electron chi connectivity index (χ3n) is 4.50. The molecule has 8 heteroatoms. The van der Waals surface area contributed by atoms with Gasteiger partial charge in [-0.3, -0.25) is 14.9 Å². The SMILES string of the molecule is O=C(Nc1cccc(S(=O)(=O)C2CCCC2)c1)c1ccc([N+](=O)[O-])cc1. The second-order valence-electron chi connectivity index (χ2n) is 6.24. The Balaban J connectivity index is 1.78. The minimum atomic E-state index is -3.40. The Labute approximate surface area is 151 Å². The molecule has 1 amide bonds. The number of benzene rings is 2. The van der Waals surface area contributed by atoms with E-state index in [1.165, 1.54) is 36.4 Å². The lowest BCUT2D eigenvalue weighted by molar-refractivity contribution is -0.384. The fourth-order valence-corrected chi connectivity index (χ4v) is 4.98. The number of carbonyl (C=O) groups is 1. The van der Waals surface area contributed by atoms with E-state index in [9.17, 15) is 23.3 Å². The van der Waals surface area contributed by atoms with E-state index < -0.39 is 20.7 Å². The second-order valence-corrected chi connectivity index (χ2v) is 8.47. The van der Waals surface area contributed by atoms with Gasteiger partial charge in [-0.15, -0.1) is 0 Å². The number of nitrogens with one attached hydrogen (secondary N) is 1. The van der Waals surface area contributed by atoms with Crippen LogP contribution in [0.4, 0.5) is 11.4 Å². The highest BCUT2D eigenvalue weighted by Crippen LogP contribution is 2.30. The summed E-state index contributed by atoms with van der Waals surface area (Å²) >= 11 is 0. The summed E-state index contributed by atoms with van der Waals surface area (Å²) in [4.78, 5) is 22.6. The predicted molar refractivity (Wildman–Crippen MR) is 96.9 cm³/mol. The molecule has 1 saturated carbocycles. The summed E-state index contributed by atoms with van der Waals surface area (Å²) in [7, 11) is -3.40. The quantitative estimate of drug-likeness (QED) is 0.636. The van der Waals surface area contributed by atoms with Gasteiger partial charge in [0, 0.05) is 23.4 Å². The molecule has 1 fully saturated rings. The number of carbonyl (C=O) groups excluding carboxylic acids is 1. The number of amides is 1. The number of sulfone groups is 1. The highest BCUT2D eigenvalue weighted by molar-refractivity contribution is 7.92. The van der Waals surface area contributed by atoms with Gasteiger partial charge in [0.15, 0.2) is 9.84 Å². The zero-order valence-electron chi connectivity index (χ0n) is 13.9. The molecule has 0 aliphatic heterocycles. The van der Waals surface area contributed by atoms with Gasteiger partial charge >= 0.3 is 0 Å². The summed E-state index contributed by atoms with van der Waals surface area (Å²) in [6, 6.07) is 11.4. The van der Waals surface area contributed by atoms with Crippen molar-refractivity contribution in [3.05, 3.63) is 64.2 Å². The Morgan fingerprint density at radius 1 is 1.08 bits per heavy atom. The molecule has 0 radical (unpaired) electrons. The van der Waals surface area contributed by atoms with Gasteiger partial charge in [-0.1, -0.05) is 18.9 Å². The summed E-state index contributed by atoms with van der Waals surface area (Å²) in [6.07, 6.45) is 3.17. The van der Waals surface area contributed by atoms with E-state index >= 15 is 0 Å². The van der Waals surface area contributed by atoms with Crippen molar-refractivity contribution in [2.75, 3.05) is 5.32 Å². The lowest BCUT2D eigenvalue weighted by Crippen LogP contribution is -2.18. The van der Waals surface area contributed by atoms with E-state index in [4.69, 9.17) is 0 Å². The molecule has 2 aromatic carbocycles. The Morgan fingerprint density at radius 3 is 2.35 bits per heavy atom. The van der Waals surface area contributed by atoms with Gasteiger partial charge in [0.25, 0.3) is 11.6 Å². The lowest BCUT2D eigenvalue weighted by atomic mass is 10.2. The van der Waals surface area contributed by atoms with Crippen LogP contribution >= 0.6 is 0 Å². The Morgan fingerprint density at radius 2 is 1.73 bits per heavy atom. The zero-order valence-corrected chi connectivity index (χ0v) is 14.7. The maximum atomic E-state index is 12.7. The molecule has 0 bridgehead atoms. The van der Waals surface area contributed by atoms with Crippen LogP contribution in [-0.4, -0.2) is 24.5 Å². The molecule has 0 atom stereocenters. The van der Waals surface area contributed by atoms with Gasteiger partial charge in [0.1, 0.15) is 0 Å². The predicted octanol–water partition coefficient (Wildman–Crippen LogP) is 3.56. The molecule has 136 valence electrons. The summed E-state index contributed by atoms with van der Waals surface area (Å²) in [6.45, 7) is 0. The summed E-state index contributed by atoms with van der Waals surface area (Å²) < 4.78 is 25.3. The molecular weight excluding hydrogens is 356 g/mol. The zero-order chi connectivity index (χ0) is 18.7. The lowest BCUT2D eigenvalue weighted by Gasteiger charge is -2.12. The van der Waals surface area contributed by atoms with Crippen molar-refractivity contribution in [2.45, 2.75) is 35.8 Å². The number of rotatable bonds is 5. The van der Waals surface area contributed by atoms with Crippen molar-refractivity contribution in [1.29, 1.82) is 0 Å². The number of hydrogen-bond donors (Lipinski definition) is 1. The molecule has 3 rings (SSSR count). The summed E-state index contributed by atoms with van der Waals surface area (Å²) in [5, 5.41) is 12.9. The third-order valence-corrected chi connectivity index (χ3v) is 6.76. The van der Waals surface area contributed by atoms with Crippen LogP contribution in [0, 0.1) is 10.1 Å². The number of nitrogens with zero attached hydrogens (tertiary/aromatic N) is 1. The van der Waals surface area contributed by atoms with Gasteiger partial charge in [-0.2, -0.15) is 0 Å². The third kappa shape index (κ3) is 3.75. The van der Waals surface area contributed by atoms with Crippen LogP contribution in [-0.2, 0) is 9.84 Å². The Kier molecular flexibility index (Phi) is 5.03. The maximum Gasteiger partial charge on any atom is 0.269 e. The second kappa shape index (κ2) is 7.25. The van der Waals surface area contributed by atoms with Crippen LogP contribution in [0.25, 0.3) is 0 Å². The molecule has 2 aromatic rings. The fraction of sp³-hybridized carbons (Fsp3) is 0.278. The molecule has 0 heterocycles. The Hall–Kier alpha value is -2.74. The van der Waals surface area contributed by atoms with Gasteiger partial charge in [0.2, 0.25) is 0 Å². The van der Waals surface area contributed by atoms with Crippen molar-refractivity contribution < 1.29 is 18.1 Å². The largest absolute Gasteiger partial charge is 0.322 e. The van der Waals surface area contributed by atoms with E-state index in [1.54, 1.807) is 12.1 Å². The van der Waals surface area contributed by atoms with Crippen LogP contribution in [0.3, 0.4) is 0 Å². The highest BCUT2D eigenvalue weighted by Gasteiger charge is 2.30. The van der Waals surface area contributed by atoms with Gasteiger partial charge in [0.05, 0.1) is 15.1 Å². The van der Waals surface area contributed by atoms with Crippen molar-refractivity contribution in [3.8, 4) is 0 Å². The van der Waals surface area contributed by atoms with Crippen molar-refractivity contribution in [3.63, 3.8) is 0 Å². The number of non-ortho nitro benzene ring substituents is 1. The number of nitro groups is 1. The van der Waals surface area contributed by atoms with E-state index in [0.717, 1.165) is 12.8 Å². The number of hydrogen-bond acceptors (Lipinski definition) is 5. The summed E-state index contributed by atoms with van der Waals surface area (Å²) in [5.74, 6) is -0.463. The molecule has 1 N–H and O–H groups in total. The molecule has 1 aliphatic rings. The van der Waals surface area contributed by atoms with Crippen LogP contribution in [0.1, 0.15) is 36.0 Å². The van der Waals surface area contributed by atoms with Crippen LogP contribution in [0.15, 0.2) is 53.4 Å². The smallest absolute Gasteiger partial charge is 0.269 e. The first-order chi connectivity index (χ1) is 12.4. The molecule has 0 saturated heterocycles. The van der Waals surface area contributed by atoms with Gasteiger partial charge in [-0.25, -0.2) is 8.42 Å². The minimum absolute atomic E-state index is 0.105. The summed E-state index contributed by atoms with van der Waals surface area (Å²) in [5.41, 5.74) is 0.512. The topological polar surface area (TPSA) is 106 Å². The highest BCUT2D eigenvalue weighted by atomic mass is 32.2. The van der Waals surface area contributed by atoms with E-state index in [2.05, 4.69) is 5.32 Å². The molecule has 26 heavy (non-hydrogen) atoms. The average molecular weight is 374 g/mol. The van der Waals surface area contributed by atoms with E-state index in [1.807, 2.05) is 0 Å². The van der Waals surface area contributed by atoms with Crippen LogP contribution < -0.4 is 5.32 Å². The molecule has 1 aliphatic carbocycles. The van der Waals surface area contributed by atoms with Gasteiger partial charge in [-0.05, 0) is 43.2 Å². The maximum absolute atomic E-state index is 12.7. The average Bonchev–Trinajstić information content (AvgIpc) is 3.17.